The van der Waals surface area contributed by atoms with Crippen LogP contribution < -0.4 is 10.9 Å². The van der Waals surface area contributed by atoms with Crippen molar-refractivity contribution in [1.82, 2.24) is 0 Å². The highest BCUT2D eigenvalue weighted by atomic mass is 32.1. The lowest BCUT2D eigenvalue weighted by Crippen LogP contribution is -2.37. The predicted octanol–water partition coefficient (Wildman–Crippen LogP) is 5.13. The maximum Gasteiger partial charge on any atom is 0.366 e. The summed E-state index contributed by atoms with van der Waals surface area (Å²) >= 11 is 1.58. The summed E-state index contributed by atoms with van der Waals surface area (Å²) in [6.07, 6.45) is 0. The van der Waals surface area contributed by atoms with Gasteiger partial charge in [0.15, 0.2) is 0 Å². The zero-order chi connectivity index (χ0) is 21.0. The first-order valence-electron chi connectivity index (χ1n) is 8.77. The molecular formula is C20H20FN2O4PS. The number of thiophene rings is 1. The molecule has 0 bridgehead atoms. The van der Waals surface area contributed by atoms with Crippen molar-refractivity contribution in [2.24, 2.45) is 5.84 Å². The van der Waals surface area contributed by atoms with E-state index in [-0.39, 0.29) is 17.7 Å². The van der Waals surface area contributed by atoms with Crippen LogP contribution in [0, 0.1) is 0 Å². The van der Waals surface area contributed by atoms with Crippen LogP contribution in [0.25, 0.3) is 10.4 Å². The van der Waals surface area contributed by atoms with Gasteiger partial charge in [0.2, 0.25) is 5.91 Å². The Labute approximate surface area is 171 Å². The van der Waals surface area contributed by atoms with Gasteiger partial charge >= 0.3 is 7.60 Å². The molecular weight excluding hydrogens is 414 g/mol. The van der Waals surface area contributed by atoms with Crippen LogP contribution in [0.3, 0.4) is 0 Å². The summed E-state index contributed by atoms with van der Waals surface area (Å²) in [7, 11) is -4.43. The van der Waals surface area contributed by atoms with E-state index in [1.807, 2.05) is 23.6 Å². The maximum atomic E-state index is 14.3. The second-order valence-electron chi connectivity index (χ2n) is 6.14. The van der Waals surface area contributed by atoms with Gasteiger partial charge in [0.25, 0.3) is 5.91 Å². The summed E-state index contributed by atoms with van der Waals surface area (Å²) in [4.78, 5) is 23.4. The van der Waals surface area contributed by atoms with Crippen LogP contribution in [-0.2, 0) is 9.09 Å². The van der Waals surface area contributed by atoms with Crippen LogP contribution in [0.15, 0.2) is 66.0 Å². The number of anilines is 1. The molecule has 6 nitrogen and oxygen atoms in total. The molecule has 2 atom stereocenters. The van der Waals surface area contributed by atoms with Gasteiger partial charge in [-0.3, -0.25) is 9.36 Å². The van der Waals surface area contributed by atoms with Crippen molar-refractivity contribution in [2.75, 3.05) is 11.6 Å². The fraction of sp³-hybridized carbons (Fsp3) is 0.150. The largest absolute Gasteiger partial charge is 0.366 e. The fourth-order valence-corrected chi connectivity index (χ4v) is 4.51. The van der Waals surface area contributed by atoms with E-state index >= 15 is 0 Å². The first-order valence-corrected chi connectivity index (χ1v) is 11.3. The minimum absolute atomic E-state index is 0.0518. The van der Waals surface area contributed by atoms with E-state index < -0.39 is 19.4 Å². The first-order chi connectivity index (χ1) is 13.8. The smallest absolute Gasteiger partial charge is 0.322 e. The van der Waals surface area contributed by atoms with E-state index in [0.717, 1.165) is 15.4 Å². The molecule has 0 radical (unpaired) electrons. The van der Waals surface area contributed by atoms with Gasteiger partial charge in [-0.2, -0.15) is 0 Å². The van der Waals surface area contributed by atoms with E-state index in [2.05, 4.69) is 4.52 Å². The van der Waals surface area contributed by atoms with Crippen LogP contribution in [-0.4, -0.2) is 17.4 Å². The van der Waals surface area contributed by atoms with Gasteiger partial charge in [-0.15, -0.1) is 11.3 Å². The lowest BCUT2D eigenvalue weighted by atomic mass is 10.1. The molecule has 1 aromatic heterocycles. The molecule has 3 N–H and O–H groups in total. The summed E-state index contributed by atoms with van der Waals surface area (Å²) < 4.78 is 30.7. The summed E-state index contributed by atoms with van der Waals surface area (Å²) in [6, 6.07) is 16.4. The molecule has 1 heterocycles. The fourth-order valence-electron chi connectivity index (χ4n) is 2.73. The van der Waals surface area contributed by atoms with E-state index in [0.29, 0.717) is 5.69 Å². The molecule has 1 amide bonds. The van der Waals surface area contributed by atoms with Crippen LogP contribution in [0.1, 0.15) is 28.8 Å². The van der Waals surface area contributed by atoms with Crippen molar-refractivity contribution < 1.29 is 23.2 Å². The topological polar surface area (TPSA) is 92.9 Å². The van der Waals surface area contributed by atoms with Crippen molar-refractivity contribution in [1.29, 1.82) is 0 Å². The Morgan fingerprint density at radius 1 is 1.24 bits per heavy atom. The van der Waals surface area contributed by atoms with Crippen molar-refractivity contribution in [3.8, 4) is 10.4 Å². The zero-order valence-electron chi connectivity index (χ0n) is 15.6. The van der Waals surface area contributed by atoms with Gasteiger partial charge in [-0.05, 0) is 53.8 Å². The number of carbonyl (C=O) groups excluding carboxylic acids is 1. The van der Waals surface area contributed by atoms with E-state index in [1.165, 1.54) is 31.2 Å². The Kier molecular flexibility index (Phi) is 6.62. The molecule has 152 valence electrons. The zero-order valence-corrected chi connectivity index (χ0v) is 17.3. The number of benzene rings is 2. The molecule has 3 rings (SSSR count). The van der Waals surface area contributed by atoms with Gasteiger partial charge in [-0.1, -0.05) is 30.3 Å². The van der Waals surface area contributed by atoms with Gasteiger partial charge in [0.1, 0.15) is 0 Å². The van der Waals surface area contributed by atoms with Gasteiger partial charge in [0.05, 0.1) is 12.3 Å². The Hall–Kier alpha value is -2.35. The first kappa shape index (κ1) is 21.4. The molecule has 0 aliphatic rings. The third kappa shape index (κ3) is 4.80. The van der Waals surface area contributed by atoms with E-state index in [1.54, 1.807) is 29.5 Å². The SMILES string of the molecule is CCOP(=O)(O)C(F)c1ccc(C(=O)N(N)c2cccc(-c3cccs3)c2)cc1. The monoisotopic (exact) mass is 434 g/mol. The summed E-state index contributed by atoms with van der Waals surface area (Å²) in [6.45, 7) is 1.41. The van der Waals surface area contributed by atoms with E-state index in [9.17, 15) is 18.6 Å². The average molecular weight is 434 g/mol. The van der Waals surface area contributed by atoms with Gasteiger partial charge in [0, 0.05) is 10.4 Å². The molecule has 0 aliphatic carbocycles. The lowest BCUT2D eigenvalue weighted by Gasteiger charge is -2.18. The third-order valence-corrected chi connectivity index (χ3v) is 6.60. The Morgan fingerprint density at radius 3 is 2.59 bits per heavy atom. The highest BCUT2D eigenvalue weighted by molar-refractivity contribution is 7.53. The number of nitrogens with zero attached hydrogens (tertiary/aromatic N) is 1. The molecule has 2 unspecified atom stereocenters. The summed E-state index contributed by atoms with van der Waals surface area (Å²) in [5.41, 5.74) is 1.61. The number of hydrogen-bond donors (Lipinski definition) is 2. The van der Waals surface area contributed by atoms with Crippen LogP contribution in [0.5, 0.6) is 0 Å². The van der Waals surface area contributed by atoms with Crippen LogP contribution >= 0.6 is 18.9 Å². The maximum absolute atomic E-state index is 14.3. The predicted molar refractivity (Wildman–Crippen MR) is 112 cm³/mol. The number of nitrogens with two attached hydrogens (primary N) is 1. The van der Waals surface area contributed by atoms with Crippen molar-refractivity contribution in [3.63, 3.8) is 0 Å². The number of carbonyl (C=O) groups is 1. The lowest BCUT2D eigenvalue weighted by molar-refractivity contribution is 0.0987. The number of alkyl halides is 1. The standard InChI is InChI=1S/C20H20FN2O4PS/c1-2-27-28(25,26)19(21)14-8-10-15(11-9-14)20(24)23(22)17-6-3-5-16(13-17)18-7-4-12-29-18/h3-13,19H,2,22H2,1H3,(H,25,26). The number of hydrogen-bond acceptors (Lipinski definition) is 5. The average Bonchev–Trinajstić information content (AvgIpc) is 3.27. The quantitative estimate of drug-likeness (QED) is 0.233. The van der Waals surface area contributed by atoms with Crippen molar-refractivity contribution >= 4 is 30.5 Å². The molecule has 0 saturated carbocycles. The van der Waals surface area contributed by atoms with Crippen LogP contribution in [0.4, 0.5) is 10.1 Å². The Bertz CT molecular complexity index is 1030. The molecule has 0 fully saturated rings. The molecule has 29 heavy (non-hydrogen) atoms. The van der Waals surface area contributed by atoms with Gasteiger partial charge in [-0.25, -0.2) is 15.2 Å². The van der Waals surface area contributed by atoms with Crippen LogP contribution in [0.2, 0.25) is 0 Å². The van der Waals surface area contributed by atoms with Crippen molar-refractivity contribution in [3.05, 3.63) is 77.2 Å². The molecule has 0 saturated heterocycles. The normalized spacial score (nSPS) is 14.2. The summed E-state index contributed by atoms with van der Waals surface area (Å²) in [5, 5.41) is 2.97. The third-order valence-electron chi connectivity index (χ3n) is 4.18. The Morgan fingerprint density at radius 2 is 1.97 bits per heavy atom. The molecule has 0 aliphatic heterocycles. The molecule has 2 aromatic carbocycles. The second-order valence-corrected chi connectivity index (χ2v) is 8.93. The highest BCUT2D eigenvalue weighted by Gasteiger charge is 2.33. The van der Waals surface area contributed by atoms with E-state index in [4.69, 9.17) is 5.84 Å². The number of hydrazine groups is 1. The minimum atomic E-state index is -4.43. The molecule has 3 aromatic rings. The highest BCUT2D eigenvalue weighted by Crippen LogP contribution is 2.57. The Balaban J connectivity index is 1.78. The number of amides is 1. The number of halogens is 1. The molecule has 9 heteroatoms. The summed E-state index contributed by atoms with van der Waals surface area (Å²) in [5.74, 6) is 3.32. The second kappa shape index (κ2) is 8.98. The van der Waals surface area contributed by atoms with Crippen molar-refractivity contribution in [2.45, 2.75) is 12.8 Å². The molecule has 0 spiro atoms. The van der Waals surface area contributed by atoms with Gasteiger partial charge < -0.3 is 9.42 Å². The minimum Gasteiger partial charge on any atom is -0.322 e. The number of rotatable bonds is 7.